The largest absolute Gasteiger partial charge is 0.303 e. The first-order chi connectivity index (χ1) is 6.38. The van der Waals surface area contributed by atoms with Crippen LogP contribution in [-0.2, 0) is 4.79 Å². The number of nitrogens with zero attached hydrogens (tertiary/aromatic N) is 1. The second-order valence-corrected chi connectivity index (χ2v) is 3.34. The second-order valence-electron chi connectivity index (χ2n) is 3.34. The zero-order chi connectivity index (χ0) is 9.52. The number of rotatable bonds is 3. The van der Waals surface area contributed by atoms with Gasteiger partial charge in [0.25, 0.3) is 0 Å². The molecule has 0 aromatic carbocycles. The minimum Gasteiger partial charge on any atom is -0.303 e. The van der Waals surface area contributed by atoms with Crippen LogP contribution in [0.1, 0.15) is 25.7 Å². The Labute approximate surface area is 80.3 Å². The molecule has 2 nitrogen and oxygen atoms in total. The van der Waals surface area contributed by atoms with Crippen LogP contribution in [0.25, 0.3) is 0 Å². The summed E-state index contributed by atoms with van der Waals surface area (Å²) in [6.07, 6.45) is 5.23. The predicted octanol–water partition coefficient (Wildman–Crippen LogP) is 1.27. The van der Waals surface area contributed by atoms with Crippen LogP contribution in [0.5, 0.6) is 0 Å². The van der Waals surface area contributed by atoms with E-state index in [2.05, 4.69) is 23.7 Å². The molecule has 2 heteroatoms. The van der Waals surface area contributed by atoms with E-state index in [1.807, 2.05) is 0 Å². The number of carbonyl (C=O) groups excluding carboxylic acids is 1. The molecule has 0 N–H and O–H groups in total. The van der Waals surface area contributed by atoms with E-state index < -0.39 is 0 Å². The molecule has 0 amide bonds. The van der Waals surface area contributed by atoms with Crippen LogP contribution in [0.3, 0.4) is 0 Å². The molecular weight excluding hydrogens is 162 g/mol. The molecule has 1 atom stereocenters. The predicted molar refractivity (Wildman–Crippen MR) is 53.0 cm³/mol. The van der Waals surface area contributed by atoms with E-state index in [0.717, 1.165) is 19.4 Å². The van der Waals surface area contributed by atoms with Gasteiger partial charge >= 0.3 is 0 Å². The molecule has 1 aliphatic heterocycles. The van der Waals surface area contributed by atoms with E-state index in [1.165, 1.54) is 19.3 Å². The van der Waals surface area contributed by atoms with Crippen LogP contribution in [0.4, 0.5) is 0 Å². The van der Waals surface area contributed by atoms with Crippen LogP contribution >= 0.6 is 0 Å². The number of hydrogen-bond donors (Lipinski definition) is 0. The molecule has 1 heterocycles. The van der Waals surface area contributed by atoms with Crippen LogP contribution in [0, 0.1) is 18.8 Å². The molecule has 1 radical (unpaired) electrons. The Morgan fingerprint density at radius 2 is 2.08 bits per heavy atom. The third-order valence-corrected chi connectivity index (χ3v) is 2.42. The van der Waals surface area contributed by atoms with Crippen molar-refractivity contribution < 1.29 is 4.79 Å². The van der Waals surface area contributed by atoms with Gasteiger partial charge in [-0.25, -0.2) is 0 Å². The van der Waals surface area contributed by atoms with Gasteiger partial charge in [-0.2, -0.15) is 0 Å². The summed E-state index contributed by atoms with van der Waals surface area (Å²) in [5, 5.41) is 0. The normalized spacial score (nSPS) is 20.1. The first kappa shape index (κ1) is 10.3. The lowest BCUT2D eigenvalue weighted by atomic mass is 10.1. The smallest absolute Gasteiger partial charge is 0.122 e. The molecule has 1 saturated heterocycles. The third-order valence-electron chi connectivity index (χ3n) is 2.42. The van der Waals surface area contributed by atoms with Gasteiger partial charge in [-0.1, -0.05) is 12.3 Å². The average molecular weight is 178 g/mol. The van der Waals surface area contributed by atoms with Gasteiger partial charge in [0.05, 0.1) is 6.04 Å². The third kappa shape index (κ3) is 3.20. The Bertz CT molecular complexity index is 208. The fourth-order valence-corrected chi connectivity index (χ4v) is 1.74. The summed E-state index contributed by atoms with van der Waals surface area (Å²) in [5.41, 5.74) is 0. The minimum atomic E-state index is 0.107. The van der Waals surface area contributed by atoms with E-state index in [9.17, 15) is 4.79 Å². The summed E-state index contributed by atoms with van der Waals surface area (Å²) in [4.78, 5) is 12.7. The lowest BCUT2D eigenvalue weighted by molar-refractivity contribution is -0.108. The fraction of sp³-hybridized carbons (Fsp3) is 0.636. The first-order valence-corrected chi connectivity index (χ1v) is 4.84. The van der Waals surface area contributed by atoms with Crippen LogP contribution in [-0.4, -0.2) is 30.3 Å². The molecule has 1 unspecified atom stereocenters. The van der Waals surface area contributed by atoms with Crippen molar-refractivity contribution in [2.75, 3.05) is 13.1 Å². The van der Waals surface area contributed by atoms with E-state index in [0.29, 0.717) is 6.42 Å². The number of likely N-dealkylation sites (tertiary alicyclic amines) is 1. The van der Waals surface area contributed by atoms with Gasteiger partial charge in [-0.15, -0.1) is 5.92 Å². The van der Waals surface area contributed by atoms with Crippen molar-refractivity contribution in [3.8, 4) is 11.8 Å². The minimum absolute atomic E-state index is 0.107. The maximum atomic E-state index is 10.4. The highest BCUT2D eigenvalue weighted by molar-refractivity contribution is 5.51. The Morgan fingerprint density at radius 3 is 2.62 bits per heavy atom. The maximum Gasteiger partial charge on any atom is 0.122 e. The van der Waals surface area contributed by atoms with Crippen LogP contribution in [0.2, 0.25) is 0 Å². The summed E-state index contributed by atoms with van der Waals surface area (Å²) < 4.78 is 0. The van der Waals surface area contributed by atoms with Crippen LogP contribution < -0.4 is 0 Å². The molecule has 0 aromatic heterocycles. The zero-order valence-electron chi connectivity index (χ0n) is 7.96. The van der Waals surface area contributed by atoms with Crippen molar-refractivity contribution in [2.24, 2.45) is 0 Å². The van der Waals surface area contributed by atoms with E-state index >= 15 is 0 Å². The molecular formula is C11H16NO. The molecule has 0 aliphatic carbocycles. The summed E-state index contributed by atoms with van der Waals surface area (Å²) in [7, 11) is 0. The quantitative estimate of drug-likeness (QED) is 0.479. The van der Waals surface area contributed by atoms with Gasteiger partial charge in [0.2, 0.25) is 0 Å². The highest BCUT2D eigenvalue weighted by Gasteiger charge is 2.17. The zero-order valence-corrected chi connectivity index (χ0v) is 7.96. The van der Waals surface area contributed by atoms with E-state index in [-0.39, 0.29) is 6.04 Å². The molecule has 1 fully saturated rings. The van der Waals surface area contributed by atoms with Crippen molar-refractivity contribution in [1.29, 1.82) is 0 Å². The van der Waals surface area contributed by atoms with Gasteiger partial charge in [0, 0.05) is 13.3 Å². The number of piperidine rings is 1. The van der Waals surface area contributed by atoms with Gasteiger partial charge in [-0.3, -0.25) is 4.90 Å². The molecule has 0 aromatic rings. The Kier molecular flexibility index (Phi) is 4.56. The molecule has 0 spiro atoms. The number of hydrogen-bond acceptors (Lipinski definition) is 2. The Balaban J connectivity index is 2.49. The Morgan fingerprint density at radius 1 is 1.38 bits per heavy atom. The lowest BCUT2D eigenvalue weighted by Gasteiger charge is -2.30. The fourth-order valence-electron chi connectivity index (χ4n) is 1.74. The highest BCUT2D eigenvalue weighted by atomic mass is 16.1. The first-order valence-electron chi connectivity index (χ1n) is 4.84. The molecule has 0 saturated carbocycles. The molecule has 1 aliphatic rings. The Hall–Kier alpha value is -0.810. The number of carbonyl (C=O) groups is 1. The second kappa shape index (κ2) is 5.77. The summed E-state index contributed by atoms with van der Waals surface area (Å²) in [6, 6.07) is 0.107. The summed E-state index contributed by atoms with van der Waals surface area (Å²) in [5.74, 6) is 5.64. The van der Waals surface area contributed by atoms with Crippen LogP contribution in [0.15, 0.2) is 0 Å². The molecule has 13 heavy (non-hydrogen) atoms. The SMILES string of the molecule is [CH2]C#CC(CC=O)N1CCCCC1. The van der Waals surface area contributed by atoms with Crippen molar-refractivity contribution in [1.82, 2.24) is 4.90 Å². The van der Waals surface area contributed by atoms with Gasteiger partial charge < -0.3 is 4.79 Å². The standard InChI is InChI=1S/C11H16NO/c1-2-6-11(7-10-13)12-8-4-3-5-9-12/h10-11H,1,3-5,7-9H2. The van der Waals surface area contributed by atoms with Crippen molar-refractivity contribution in [2.45, 2.75) is 31.7 Å². The van der Waals surface area contributed by atoms with Gasteiger partial charge in [-0.05, 0) is 25.9 Å². The van der Waals surface area contributed by atoms with Gasteiger partial charge in [0.1, 0.15) is 6.29 Å². The summed E-state index contributed by atoms with van der Waals surface area (Å²) in [6.45, 7) is 5.65. The molecule has 1 rings (SSSR count). The van der Waals surface area contributed by atoms with Crippen molar-refractivity contribution >= 4 is 6.29 Å². The average Bonchev–Trinajstić information content (AvgIpc) is 2.19. The topological polar surface area (TPSA) is 20.3 Å². The number of aldehydes is 1. The lowest BCUT2D eigenvalue weighted by Crippen LogP contribution is -2.38. The van der Waals surface area contributed by atoms with E-state index in [4.69, 9.17) is 0 Å². The molecule has 0 bridgehead atoms. The maximum absolute atomic E-state index is 10.4. The van der Waals surface area contributed by atoms with Crippen molar-refractivity contribution in [3.05, 3.63) is 6.92 Å². The van der Waals surface area contributed by atoms with Crippen molar-refractivity contribution in [3.63, 3.8) is 0 Å². The van der Waals surface area contributed by atoms with Gasteiger partial charge in [0.15, 0.2) is 0 Å². The monoisotopic (exact) mass is 178 g/mol. The van der Waals surface area contributed by atoms with E-state index in [1.54, 1.807) is 0 Å². The summed E-state index contributed by atoms with van der Waals surface area (Å²) >= 11 is 0. The highest BCUT2D eigenvalue weighted by Crippen LogP contribution is 2.13. The molecule has 71 valence electrons.